The predicted molar refractivity (Wildman–Crippen MR) is 79.6 cm³/mol. The maximum atomic E-state index is 12.2. The lowest BCUT2D eigenvalue weighted by Crippen LogP contribution is -2.28. The van der Waals surface area contributed by atoms with Crippen molar-refractivity contribution in [2.24, 2.45) is 11.7 Å². The number of nitrogens with two attached hydrogens (primary N) is 1. The standard InChI is InChI=1S/C15H17ClN2O2/c16-13-3-4-14(12(10-13)2-1-7-17)18-15(19)11-5-8-20-9-6-11/h3-4,10-11H,5-9,17H2,(H,18,19). The predicted octanol–water partition coefficient (Wildman–Crippen LogP) is 2.02. The molecule has 5 heteroatoms. The van der Waals surface area contributed by atoms with E-state index in [1.165, 1.54) is 0 Å². The highest BCUT2D eigenvalue weighted by Gasteiger charge is 2.22. The van der Waals surface area contributed by atoms with Gasteiger partial charge in [-0.2, -0.15) is 0 Å². The van der Waals surface area contributed by atoms with Gasteiger partial charge in [0.1, 0.15) is 0 Å². The summed E-state index contributed by atoms with van der Waals surface area (Å²) in [5.41, 5.74) is 6.73. The van der Waals surface area contributed by atoms with Crippen LogP contribution >= 0.6 is 11.6 Å². The Morgan fingerprint density at radius 3 is 2.90 bits per heavy atom. The van der Waals surface area contributed by atoms with Crippen LogP contribution in [0.4, 0.5) is 5.69 Å². The molecule has 1 aliphatic rings. The molecule has 2 rings (SSSR count). The van der Waals surface area contributed by atoms with Gasteiger partial charge in [0.15, 0.2) is 0 Å². The van der Waals surface area contributed by atoms with Gasteiger partial charge in [-0.15, -0.1) is 0 Å². The van der Waals surface area contributed by atoms with Crippen molar-refractivity contribution in [1.29, 1.82) is 0 Å². The molecule has 0 aliphatic carbocycles. The number of carbonyl (C=O) groups excluding carboxylic acids is 1. The van der Waals surface area contributed by atoms with Crippen LogP contribution in [-0.4, -0.2) is 25.7 Å². The first kappa shape index (κ1) is 14.9. The summed E-state index contributed by atoms with van der Waals surface area (Å²) in [4.78, 5) is 12.2. The maximum Gasteiger partial charge on any atom is 0.227 e. The van der Waals surface area contributed by atoms with Crippen molar-refractivity contribution in [3.8, 4) is 11.8 Å². The molecule has 20 heavy (non-hydrogen) atoms. The molecule has 0 atom stereocenters. The van der Waals surface area contributed by atoms with Crippen LogP contribution in [-0.2, 0) is 9.53 Å². The van der Waals surface area contributed by atoms with Crippen LogP contribution in [0.5, 0.6) is 0 Å². The summed E-state index contributed by atoms with van der Waals surface area (Å²) in [7, 11) is 0. The fourth-order valence-electron chi connectivity index (χ4n) is 2.07. The van der Waals surface area contributed by atoms with Gasteiger partial charge in [0.05, 0.1) is 12.2 Å². The number of anilines is 1. The van der Waals surface area contributed by atoms with Gasteiger partial charge in [0, 0.05) is 29.7 Å². The Hall–Kier alpha value is -1.54. The molecular weight excluding hydrogens is 276 g/mol. The number of halogens is 1. The summed E-state index contributed by atoms with van der Waals surface area (Å²) in [5, 5.41) is 3.50. The average molecular weight is 293 g/mol. The zero-order chi connectivity index (χ0) is 14.4. The molecule has 0 radical (unpaired) electrons. The molecule has 0 saturated carbocycles. The van der Waals surface area contributed by atoms with Crippen LogP contribution in [0, 0.1) is 17.8 Å². The largest absolute Gasteiger partial charge is 0.381 e. The minimum atomic E-state index is -0.00487. The van der Waals surface area contributed by atoms with E-state index in [2.05, 4.69) is 17.2 Å². The molecule has 0 unspecified atom stereocenters. The fraction of sp³-hybridized carbons (Fsp3) is 0.400. The molecule has 106 valence electrons. The van der Waals surface area contributed by atoms with Crippen molar-refractivity contribution in [2.75, 3.05) is 25.1 Å². The van der Waals surface area contributed by atoms with E-state index < -0.39 is 0 Å². The topological polar surface area (TPSA) is 64.3 Å². The van der Waals surface area contributed by atoms with E-state index in [0.29, 0.717) is 29.5 Å². The van der Waals surface area contributed by atoms with Crippen molar-refractivity contribution >= 4 is 23.2 Å². The van der Waals surface area contributed by atoms with Gasteiger partial charge < -0.3 is 15.8 Å². The molecule has 4 nitrogen and oxygen atoms in total. The lowest BCUT2D eigenvalue weighted by Gasteiger charge is -2.21. The molecule has 0 aromatic heterocycles. The Kier molecular flexibility index (Phi) is 5.42. The van der Waals surface area contributed by atoms with Crippen molar-refractivity contribution in [3.63, 3.8) is 0 Å². The Bertz CT molecular complexity index is 543. The smallest absolute Gasteiger partial charge is 0.227 e. The third-order valence-corrected chi connectivity index (χ3v) is 3.39. The Morgan fingerprint density at radius 1 is 1.45 bits per heavy atom. The van der Waals surface area contributed by atoms with E-state index in [0.717, 1.165) is 12.8 Å². The first-order chi connectivity index (χ1) is 9.70. The highest BCUT2D eigenvalue weighted by Crippen LogP contribution is 2.22. The summed E-state index contributed by atoms with van der Waals surface area (Å²) in [5.74, 6) is 5.70. The second-order valence-electron chi connectivity index (χ2n) is 4.57. The molecule has 1 fully saturated rings. The second kappa shape index (κ2) is 7.30. The molecule has 1 saturated heterocycles. The first-order valence-corrected chi connectivity index (χ1v) is 6.95. The maximum absolute atomic E-state index is 12.2. The van der Waals surface area contributed by atoms with Gasteiger partial charge in [0.25, 0.3) is 0 Å². The van der Waals surface area contributed by atoms with Crippen LogP contribution in [0.25, 0.3) is 0 Å². The van der Waals surface area contributed by atoms with E-state index in [1.807, 2.05) is 0 Å². The van der Waals surface area contributed by atoms with Crippen LogP contribution in [0.2, 0.25) is 5.02 Å². The van der Waals surface area contributed by atoms with Gasteiger partial charge >= 0.3 is 0 Å². The van der Waals surface area contributed by atoms with Gasteiger partial charge in [0.2, 0.25) is 5.91 Å². The van der Waals surface area contributed by atoms with Gasteiger partial charge in [-0.25, -0.2) is 0 Å². The van der Waals surface area contributed by atoms with Crippen LogP contribution in [0.15, 0.2) is 18.2 Å². The summed E-state index contributed by atoms with van der Waals surface area (Å²) >= 11 is 5.95. The van der Waals surface area contributed by atoms with E-state index in [-0.39, 0.29) is 18.4 Å². The zero-order valence-corrected chi connectivity index (χ0v) is 11.9. The molecular formula is C15H17ClN2O2. The highest BCUT2D eigenvalue weighted by atomic mass is 35.5. The summed E-state index contributed by atoms with van der Waals surface area (Å²) < 4.78 is 5.26. The van der Waals surface area contributed by atoms with Crippen LogP contribution in [0.3, 0.4) is 0 Å². The van der Waals surface area contributed by atoms with Crippen molar-refractivity contribution in [1.82, 2.24) is 0 Å². The molecule has 1 aromatic carbocycles. The Labute approximate surface area is 123 Å². The van der Waals surface area contributed by atoms with Crippen molar-refractivity contribution in [2.45, 2.75) is 12.8 Å². The number of benzene rings is 1. The van der Waals surface area contributed by atoms with E-state index in [4.69, 9.17) is 22.1 Å². The molecule has 0 spiro atoms. The highest BCUT2D eigenvalue weighted by molar-refractivity contribution is 6.30. The minimum Gasteiger partial charge on any atom is -0.381 e. The molecule has 1 amide bonds. The zero-order valence-electron chi connectivity index (χ0n) is 11.1. The summed E-state index contributed by atoms with van der Waals surface area (Å²) in [6.45, 7) is 1.54. The minimum absolute atomic E-state index is 0.00487. The van der Waals surface area contributed by atoms with Crippen LogP contribution < -0.4 is 11.1 Å². The van der Waals surface area contributed by atoms with E-state index >= 15 is 0 Å². The lowest BCUT2D eigenvalue weighted by atomic mass is 9.99. The number of nitrogens with one attached hydrogen (secondary N) is 1. The third kappa shape index (κ3) is 3.97. The number of rotatable bonds is 2. The summed E-state index contributed by atoms with van der Waals surface area (Å²) in [6.07, 6.45) is 1.51. The molecule has 0 bridgehead atoms. The molecule has 3 N–H and O–H groups in total. The van der Waals surface area contributed by atoms with Gasteiger partial charge in [-0.05, 0) is 31.0 Å². The first-order valence-electron chi connectivity index (χ1n) is 6.58. The second-order valence-corrected chi connectivity index (χ2v) is 5.01. The molecule has 1 aromatic rings. The molecule has 1 heterocycles. The number of amides is 1. The Morgan fingerprint density at radius 2 is 2.20 bits per heavy atom. The normalized spacial score (nSPS) is 15.3. The average Bonchev–Trinajstić information content (AvgIpc) is 2.48. The number of carbonyl (C=O) groups is 1. The van der Waals surface area contributed by atoms with Crippen molar-refractivity contribution < 1.29 is 9.53 Å². The van der Waals surface area contributed by atoms with Crippen LogP contribution in [0.1, 0.15) is 18.4 Å². The quantitative estimate of drug-likeness (QED) is 0.820. The monoisotopic (exact) mass is 292 g/mol. The van der Waals surface area contributed by atoms with Crippen molar-refractivity contribution in [3.05, 3.63) is 28.8 Å². The van der Waals surface area contributed by atoms with E-state index in [9.17, 15) is 4.79 Å². The van der Waals surface area contributed by atoms with Gasteiger partial charge in [-0.3, -0.25) is 4.79 Å². The summed E-state index contributed by atoms with van der Waals surface area (Å²) in [6, 6.07) is 5.22. The number of ether oxygens (including phenoxy) is 1. The van der Waals surface area contributed by atoms with Gasteiger partial charge in [-0.1, -0.05) is 23.4 Å². The lowest BCUT2D eigenvalue weighted by molar-refractivity contribution is -0.122. The third-order valence-electron chi connectivity index (χ3n) is 3.16. The van der Waals surface area contributed by atoms with E-state index in [1.54, 1.807) is 18.2 Å². The molecule has 1 aliphatic heterocycles. The fourth-order valence-corrected chi connectivity index (χ4v) is 2.24. The number of hydrogen-bond donors (Lipinski definition) is 2. The number of hydrogen-bond acceptors (Lipinski definition) is 3. The SMILES string of the molecule is NCC#Cc1cc(Cl)ccc1NC(=O)C1CCOCC1. The Balaban J connectivity index is 2.13.